The number of aryl methyl sites for hydroxylation is 1. The van der Waals surface area contributed by atoms with E-state index in [9.17, 15) is 10.0 Å². The summed E-state index contributed by atoms with van der Waals surface area (Å²) in [6, 6.07) is 11.6. The molecule has 1 N–H and O–H groups in total. The van der Waals surface area contributed by atoms with Crippen molar-refractivity contribution >= 4 is 22.6 Å². The van der Waals surface area contributed by atoms with E-state index >= 15 is 0 Å². The van der Waals surface area contributed by atoms with E-state index in [2.05, 4.69) is 0 Å². The molecule has 3 rings (SSSR count). The van der Waals surface area contributed by atoms with Crippen LogP contribution in [-0.4, -0.2) is 17.3 Å². The summed E-state index contributed by atoms with van der Waals surface area (Å²) in [6.45, 7) is 5.56. The molecule has 2 aromatic carbocycles. The second-order valence-electron chi connectivity index (χ2n) is 6.37. The van der Waals surface area contributed by atoms with Crippen LogP contribution in [-0.2, 0) is 11.3 Å². The maximum Gasteiger partial charge on any atom is 0.342 e. The third kappa shape index (κ3) is 4.21. The van der Waals surface area contributed by atoms with Crippen LogP contribution in [0.25, 0.3) is 11.0 Å². The third-order valence-corrected chi connectivity index (χ3v) is 3.95. The van der Waals surface area contributed by atoms with Crippen LogP contribution in [0.4, 0.5) is 5.69 Å². The molecule has 0 radical (unpaired) electrons. The Labute approximate surface area is 156 Å². The average molecular weight is 370 g/mol. The summed E-state index contributed by atoms with van der Waals surface area (Å²) in [5.41, 5.74) is 1.94. The summed E-state index contributed by atoms with van der Waals surface area (Å²) < 4.78 is 16.7. The molecule has 142 valence electrons. The fourth-order valence-corrected chi connectivity index (χ4v) is 2.70. The number of carbonyl (C=O) groups excluding carboxylic acids is 1. The van der Waals surface area contributed by atoms with Crippen molar-refractivity contribution < 1.29 is 23.9 Å². The van der Waals surface area contributed by atoms with Gasteiger partial charge in [0.1, 0.15) is 29.3 Å². The molecule has 0 unspecified atom stereocenters. The Hall–Kier alpha value is -3.03. The molecule has 0 aliphatic carbocycles. The Balaban J connectivity index is 1.80. The first-order valence-corrected chi connectivity index (χ1v) is 8.47. The molecule has 0 spiro atoms. The Kier molecular flexibility index (Phi) is 5.34. The van der Waals surface area contributed by atoms with E-state index in [0.717, 1.165) is 5.56 Å². The van der Waals surface area contributed by atoms with Gasteiger partial charge in [0.25, 0.3) is 0 Å². The molecule has 1 aromatic heterocycles. The van der Waals surface area contributed by atoms with Crippen LogP contribution in [0, 0.1) is 12.1 Å². The fourth-order valence-electron chi connectivity index (χ4n) is 2.70. The number of benzene rings is 2. The lowest BCUT2D eigenvalue weighted by atomic mass is 10.1. The van der Waals surface area contributed by atoms with Gasteiger partial charge in [0, 0.05) is 5.39 Å². The Morgan fingerprint density at radius 1 is 1.22 bits per heavy atom. The zero-order chi connectivity index (χ0) is 19.6. The lowest BCUT2D eigenvalue weighted by Gasteiger charge is -2.21. The summed E-state index contributed by atoms with van der Waals surface area (Å²) >= 11 is 0. The molecule has 0 fully saturated rings. The lowest BCUT2D eigenvalue weighted by Crippen LogP contribution is -2.12. The Morgan fingerprint density at radius 2 is 1.93 bits per heavy atom. The van der Waals surface area contributed by atoms with Gasteiger partial charge >= 0.3 is 5.97 Å². The van der Waals surface area contributed by atoms with Crippen LogP contribution in [0.2, 0.25) is 0 Å². The summed E-state index contributed by atoms with van der Waals surface area (Å²) in [5, 5.41) is 20.1. The van der Waals surface area contributed by atoms with Gasteiger partial charge < -0.3 is 24.3 Å². The van der Waals surface area contributed by atoms with E-state index in [4.69, 9.17) is 19.1 Å². The number of hydrogen-bond acceptors (Lipinski definition) is 7. The minimum Gasteiger partial charge on any atom is -0.733 e. The van der Waals surface area contributed by atoms with Gasteiger partial charge in [-0.15, -0.1) is 0 Å². The van der Waals surface area contributed by atoms with E-state index in [-0.39, 0.29) is 23.6 Å². The molecule has 0 aliphatic rings. The van der Waals surface area contributed by atoms with E-state index < -0.39 is 5.97 Å². The van der Waals surface area contributed by atoms with E-state index in [0.29, 0.717) is 28.0 Å². The van der Waals surface area contributed by atoms with Crippen molar-refractivity contribution in [1.82, 2.24) is 0 Å². The quantitative estimate of drug-likeness (QED) is 0.501. The van der Waals surface area contributed by atoms with E-state index in [1.54, 1.807) is 51.1 Å². The number of rotatable bonds is 6. The molecule has 0 saturated heterocycles. The number of nitrogens with zero attached hydrogens (tertiary/aromatic N) is 1. The molecule has 0 saturated carbocycles. The van der Waals surface area contributed by atoms with Crippen LogP contribution in [0.3, 0.4) is 0 Å². The summed E-state index contributed by atoms with van der Waals surface area (Å²) in [5.74, 6) is 0.633. The zero-order valence-corrected chi connectivity index (χ0v) is 15.3. The first kappa shape index (κ1) is 18.8. The van der Waals surface area contributed by atoms with E-state index in [1.165, 1.54) is 12.1 Å². The largest absolute Gasteiger partial charge is 0.733 e. The standard InChI is InChI=1S/C20H20NO6/c1-12(2)26-20(22)19-13(3)27-18-9-8-16(10-17(18)19)25-11-14-4-6-15(7-5-14)21(23)24/h4-10,12,23H,11H2,1-3H3/q-1. The van der Waals surface area contributed by atoms with Gasteiger partial charge in [-0.25, -0.2) is 4.79 Å². The Bertz CT molecular complexity index is 943. The maximum absolute atomic E-state index is 12.4. The minimum atomic E-state index is -0.430. The number of anilines is 1. The summed E-state index contributed by atoms with van der Waals surface area (Å²) in [7, 11) is 0. The highest BCUT2D eigenvalue weighted by Gasteiger charge is 2.21. The van der Waals surface area contributed by atoms with Crippen LogP contribution < -0.4 is 9.96 Å². The average Bonchev–Trinajstić information content (AvgIpc) is 2.94. The fraction of sp³-hybridized carbons (Fsp3) is 0.250. The number of hydrogen-bond donors (Lipinski definition) is 1. The van der Waals surface area contributed by atoms with Gasteiger partial charge in [0.2, 0.25) is 0 Å². The number of furan rings is 1. The monoisotopic (exact) mass is 370 g/mol. The van der Waals surface area contributed by atoms with Crippen molar-refractivity contribution in [2.45, 2.75) is 33.5 Å². The van der Waals surface area contributed by atoms with Crippen molar-refractivity contribution in [3.05, 3.63) is 64.6 Å². The van der Waals surface area contributed by atoms with Crippen molar-refractivity contribution in [2.24, 2.45) is 0 Å². The molecule has 7 nitrogen and oxygen atoms in total. The third-order valence-electron chi connectivity index (χ3n) is 3.95. The van der Waals surface area contributed by atoms with Gasteiger partial charge in [0.05, 0.1) is 11.8 Å². The topological polar surface area (TPSA) is 95.2 Å². The van der Waals surface area contributed by atoms with Crippen molar-refractivity contribution in [3.8, 4) is 5.75 Å². The molecule has 0 atom stereocenters. The lowest BCUT2D eigenvalue weighted by molar-refractivity contribution is 0.0378. The van der Waals surface area contributed by atoms with E-state index in [1.807, 2.05) is 0 Å². The summed E-state index contributed by atoms with van der Waals surface area (Å²) in [4.78, 5) is 12.4. The molecule has 0 aliphatic heterocycles. The van der Waals surface area contributed by atoms with Crippen LogP contribution >= 0.6 is 0 Å². The molecule has 3 aromatic rings. The van der Waals surface area contributed by atoms with Gasteiger partial charge in [-0.05, 0) is 56.7 Å². The number of carbonyl (C=O) groups is 1. The first-order chi connectivity index (χ1) is 12.8. The first-order valence-electron chi connectivity index (χ1n) is 8.47. The molecule has 0 amide bonds. The predicted molar refractivity (Wildman–Crippen MR) is 99.9 cm³/mol. The van der Waals surface area contributed by atoms with Crippen molar-refractivity contribution in [3.63, 3.8) is 0 Å². The molecule has 27 heavy (non-hydrogen) atoms. The second kappa shape index (κ2) is 7.69. The van der Waals surface area contributed by atoms with Gasteiger partial charge in [-0.3, -0.25) is 5.21 Å². The second-order valence-corrected chi connectivity index (χ2v) is 6.37. The van der Waals surface area contributed by atoms with Gasteiger partial charge in [-0.1, -0.05) is 12.1 Å². The number of esters is 1. The number of fused-ring (bicyclic) bond motifs is 1. The highest BCUT2D eigenvalue weighted by atomic mass is 16.8. The molecule has 0 bridgehead atoms. The van der Waals surface area contributed by atoms with Crippen LogP contribution in [0.15, 0.2) is 46.9 Å². The van der Waals surface area contributed by atoms with Gasteiger partial charge in [-0.2, -0.15) is 0 Å². The highest BCUT2D eigenvalue weighted by Crippen LogP contribution is 2.30. The predicted octanol–water partition coefficient (Wildman–Crippen LogP) is 4.58. The molecule has 7 heteroatoms. The molecular formula is C20H20NO6-. The maximum atomic E-state index is 12.4. The number of ether oxygens (including phenoxy) is 2. The Morgan fingerprint density at radius 3 is 2.56 bits per heavy atom. The smallest absolute Gasteiger partial charge is 0.342 e. The highest BCUT2D eigenvalue weighted by molar-refractivity contribution is 6.04. The molecule has 1 heterocycles. The SMILES string of the molecule is Cc1oc2ccc(OCc3ccc(N([O-])O)cc3)cc2c1C(=O)OC(C)C. The minimum absolute atomic E-state index is 0.141. The van der Waals surface area contributed by atoms with Crippen molar-refractivity contribution in [1.29, 1.82) is 0 Å². The van der Waals surface area contributed by atoms with Crippen molar-refractivity contribution in [2.75, 3.05) is 5.23 Å². The molecular weight excluding hydrogens is 350 g/mol. The van der Waals surface area contributed by atoms with Crippen LogP contribution in [0.5, 0.6) is 5.75 Å². The normalized spacial score (nSPS) is 11.0. The summed E-state index contributed by atoms with van der Waals surface area (Å²) in [6.07, 6.45) is -0.229. The van der Waals surface area contributed by atoms with Gasteiger partial charge in [0.15, 0.2) is 0 Å². The van der Waals surface area contributed by atoms with Crippen LogP contribution in [0.1, 0.15) is 35.5 Å². The zero-order valence-electron chi connectivity index (χ0n) is 15.3.